The van der Waals surface area contributed by atoms with Crippen molar-refractivity contribution in [3.63, 3.8) is 0 Å². The molecule has 1 heterocycles. The largest absolute Gasteiger partial charge is 0.372 e. The van der Waals surface area contributed by atoms with E-state index < -0.39 is 0 Å². The van der Waals surface area contributed by atoms with Gasteiger partial charge in [-0.15, -0.1) is 0 Å². The summed E-state index contributed by atoms with van der Waals surface area (Å²) in [6.07, 6.45) is 1.90. The Morgan fingerprint density at radius 2 is 1.72 bits per heavy atom. The van der Waals surface area contributed by atoms with Gasteiger partial charge in [0.25, 0.3) is 5.91 Å². The van der Waals surface area contributed by atoms with Gasteiger partial charge in [0.05, 0.1) is 10.6 Å². The summed E-state index contributed by atoms with van der Waals surface area (Å²) in [5.74, 6) is -0.104. The number of anilines is 1. The van der Waals surface area contributed by atoms with E-state index in [1.807, 2.05) is 48.5 Å². The highest BCUT2D eigenvalue weighted by Crippen LogP contribution is 2.28. The number of aliphatic imine (C=N–C) groups is 1. The van der Waals surface area contributed by atoms with Gasteiger partial charge in [-0.1, -0.05) is 30.3 Å². The zero-order valence-corrected chi connectivity index (χ0v) is 15.2. The van der Waals surface area contributed by atoms with Crippen molar-refractivity contribution >= 4 is 40.3 Å². The molecule has 0 aromatic heterocycles. The maximum Gasteiger partial charge on any atom is 0.264 e. The SMILES string of the molecule is CCN(CC)c1ccc(/C=C2\SC(=Nc3ccccc3)NC2=O)cc1. The van der Waals surface area contributed by atoms with E-state index in [0.29, 0.717) is 10.1 Å². The molecule has 0 atom stereocenters. The van der Waals surface area contributed by atoms with Gasteiger partial charge in [-0.05, 0) is 61.5 Å². The van der Waals surface area contributed by atoms with E-state index in [-0.39, 0.29) is 5.91 Å². The van der Waals surface area contributed by atoms with Gasteiger partial charge < -0.3 is 10.2 Å². The number of hydrogen-bond acceptors (Lipinski definition) is 4. The predicted octanol–water partition coefficient (Wildman–Crippen LogP) is 4.42. The van der Waals surface area contributed by atoms with Gasteiger partial charge in [-0.2, -0.15) is 0 Å². The third kappa shape index (κ3) is 4.31. The van der Waals surface area contributed by atoms with E-state index in [0.717, 1.165) is 24.3 Å². The molecule has 25 heavy (non-hydrogen) atoms. The molecule has 128 valence electrons. The molecule has 1 aliphatic heterocycles. The third-order valence-corrected chi connectivity index (χ3v) is 4.87. The molecule has 0 aliphatic carbocycles. The number of carbonyl (C=O) groups is 1. The standard InChI is InChI=1S/C20H21N3OS/c1-3-23(4-2)17-12-10-15(11-13-17)14-18-19(24)22-20(25-18)21-16-8-6-5-7-9-16/h5-14H,3-4H2,1-2H3,(H,21,22,24)/b18-14-. The highest BCUT2D eigenvalue weighted by molar-refractivity contribution is 8.18. The second-order valence-corrected chi connectivity index (χ2v) is 6.61. The van der Waals surface area contributed by atoms with Gasteiger partial charge in [0.1, 0.15) is 0 Å². The monoisotopic (exact) mass is 351 g/mol. The topological polar surface area (TPSA) is 44.7 Å². The van der Waals surface area contributed by atoms with Crippen LogP contribution in [0.3, 0.4) is 0 Å². The number of nitrogens with one attached hydrogen (secondary N) is 1. The summed E-state index contributed by atoms with van der Waals surface area (Å²) in [6, 6.07) is 17.9. The molecular weight excluding hydrogens is 330 g/mol. The second kappa shape index (κ2) is 8.03. The predicted molar refractivity (Wildman–Crippen MR) is 107 cm³/mol. The third-order valence-electron chi connectivity index (χ3n) is 3.96. The van der Waals surface area contributed by atoms with Gasteiger partial charge in [-0.3, -0.25) is 4.79 Å². The fraction of sp³-hybridized carbons (Fsp3) is 0.200. The lowest BCUT2D eigenvalue weighted by atomic mass is 10.2. The maximum absolute atomic E-state index is 12.2. The Morgan fingerprint density at radius 3 is 2.36 bits per heavy atom. The summed E-state index contributed by atoms with van der Waals surface area (Å²) >= 11 is 1.37. The number of hydrogen-bond donors (Lipinski definition) is 1. The van der Waals surface area contributed by atoms with E-state index in [2.05, 4.69) is 41.2 Å². The number of amides is 1. The molecule has 3 rings (SSSR count). The smallest absolute Gasteiger partial charge is 0.264 e. The average Bonchev–Trinajstić information content (AvgIpc) is 2.97. The molecular formula is C20H21N3OS. The molecule has 1 saturated heterocycles. The van der Waals surface area contributed by atoms with E-state index in [1.54, 1.807) is 0 Å². The number of rotatable bonds is 5. The lowest BCUT2D eigenvalue weighted by Gasteiger charge is -2.20. The van der Waals surface area contributed by atoms with E-state index in [4.69, 9.17) is 0 Å². The molecule has 1 N–H and O–H groups in total. The molecule has 1 aliphatic rings. The van der Waals surface area contributed by atoms with Crippen LogP contribution >= 0.6 is 11.8 Å². The van der Waals surface area contributed by atoms with Crippen molar-refractivity contribution in [1.82, 2.24) is 5.32 Å². The van der Waals surface area contributed by atoms with Crippen LogP contribution < -0.4 is 10.2 Å². The van der Waals surface area contributed by atoms with E-state index in [1.165, 1.54) is 17.4 Å². The van der Waals surface area contributed by atoms with Crippen molar-refractivity contribution < 1.29 is 4.79 Å². The second-order valence-electron chi connectivity index (χ2n) is 5.58. The first kappa shape index (κ1) is 17.3. The molecule has 4 nitrogen and oxygen atoms in total. The quantitative estimate of drug-likeness (QED) is 0.811. The molecule has 2 aromatic rings. The molecule has 5 heteroatoms. The fourth-order valence-corrected chi connectivity index (χ4v) is 3.46. The minimum Gasteiger partial charge on any atom is -0.372 e. The number of carbonyl (C=O) groups excluding carboxylic acids is 1. The van der Waals surface area contributed by atoms with Gasteiger partial charge in [0, 0.05) is 18.8 Å². The van der Waals surface area contributed by atoms with Gasteiger partial charge >= 0.3 is 0 Å². The van der Waals surface area contributed by atoms with Crippen molar-refractivity contribution in [2.45, 2.75) is 13.8 Å². The maximum atomic E-state index is 12.2. The van der Waals surface area contributed by atoms with Crippen LogP contribution in [0.5, 0.6) is 0 Å². The van der Waals surface area contributed by atoms with Crippen molar-refractivity contribution in [2.75, 3.05) is 18.0 Å². The Hall–Kier alpha value is -2.53. The lowest BCUT2D eigenvalue weighted by Crippen LogP contribution is -2.21. The van der Waals surface area contributed by atoms with Gasteiger partial charge in [-0.25, -0.2) is 4.99 Å². The van der Waals surface area contributed by atoms with Crippen molar-refractivity contribution in [1.29, 1.82) is 0 Å². The fourth-order valence-electron chi connectivity index (χ4n) is 2.62. The number of nitrogens with zero attached hydrogens (tertiary/aromatic N) is 2. The highest BCUT2D eigenvalue weighted by Gasteiger charge is 2.23. The van der Waals surface area contributed by atoms with Crippen LogP contribution in [0.15, 0.2) is 64.5 Å². The summed E-state index contributed by atoms with van der Waals surface area (Å²) in [6.45, 7) is 6.25. The van der Waals surface area contributed by atoms with Gasteiger partial charge in [0.15, 0.2) is 5.17 Å². The Labute approximate surface area is 152 Å². The summed E-state index contributed by atoms with van der Waals surface area (Å²) in [5.41, 5.74) is 3.03. The number of benzene rings is 2. The average molecular weight is 351 g/mol. The minimum atomic E-state index is -0.104. The first-order valence-corrected chi connectivity index (χ1v) is 9.21. The molecule has 2 aromatic carbocycles. The molecule has 1 amide bonds. The van der Waals surface area contributed by atoms with Crippen LogP contribution in [-0.2, 0) is 4.79 Å². The van der Waals surface area contributed by atoms with E-state index >= 15 is 0 Å². The molecule has 0 radical (unpaired) electrons. The Morgan fingerprint density at radius 1 is 1.04 bits per heavy atom. The Bertz CT molecular complexity index is 793. The normalized spacial score (nSPS) is 17.1. The van der Waals surface area contributed by atoms with Crippen LogP contribution in [-0.4, -0.2) is 24.2 Å². The lowest BCUT2D eigenvalue weighted by molar-refractivity contribution is -0.115. The minimum absolute atomic E-state index is 0.104. The van der Waals surface area contributed by atoms with Crippen LogP contribution in [0.4, 0.5) is 11.4 Å². The molecule has 1 fully saturated rings. The van der Waals surface area contributed by atoms with E-state index in [9.17, 15) is 4.79 Å². The summed E-state index contributed by atoms with van der Waals surface area (Å²) in [7, 11) is 0. The Kier molecular flexibility index (Phi) is 5.56. The zero-order valence-electron chi connectivity index (χ0n) is 14.4. The van der Waals surface area contributed by atoms with Crippen molar-refractivity contribution in [2.24, 2.45) is 4.99 Å². The number of thioether (sulfide) groups is 1. The van der Waals surface area contributed by atoms with Crippen LogP contribution in [0.1, 0.15) is 19.4 Å². The summed E-state index contributed by atoms with van der Waals surface area (Å²) in [4.78, 5) is 19.6. The first-order valence-electron chi connectivity index (χ1n) is 8.39. The molecule has 0 saturated carbocycles. The number of amidine groups is 1. The highest BCUT2D eigenvalue weighted by atomic mass is 32.2. The first-order chi connectivity index (χ1) is 12.2. The number of para-hydroxylation sites is 1. The van der Waals surface area contributed by atoms with Crippen LogP contribution in [0, 0.1) is 0 Å². The van der Waals surface area contributed by atoms with Gasteiger partial charge in [0.2, 0.25) is 0 Å². The Balaban J connectivity index is 1.75. The van der Waals surface area contributed by atoms with Crippen molar-refractivity contribution in [3.8, 4) is 0 Å². The van der Waals surface area contributed by atoms with Crippen molar-refractivity contribution in [3.05, 3.63) is 65.1 Å². The van der Waals surface area contributed by atoms with Crippen LogP contribution in [0.25, 0.3) is 6.08 Å². The van der Waals surface area contributed by atoms with Crippen LogP contribution in [0.2, 0.25) is 0 Å². The molecule has 0 unspecified atom stereocenters. The summed E-state index contributed by atoms with van der Waals surface area (Å²) in [5, 5.41) is 3.43. The summed E-state index contributed by atoms with van der Waals surface area (Å²) < 4.78 is 0. The zero-order chi connectivity index (χ0) is 17.6. The molecule has 0 spiro atoms. The molecule has 0 bridgehead atoms.